The summed E-state index contributed by atoms with van der Waals surface area (Å²) in [6, 6.07) is 25.7. The highest BCUT2D eigenvalue weighted by molar-refractivity contribution is 6.30. The Kier molecular flexibility index (Phi) is 3.90. The van der Waals surface area contributed by atoms with Gasteiger partial charge in [-0.25, -0.2) is 0 Å². The predicted molar refractivity (Wildman–Crippen MR) is 113 cm³/mol. The second kappa shape index (κ2) is 6.33. The molecule has 3 aromatic carbocycles. The normalized spacial score (nSPS) is 18.4. The molecule has 4 aromatic rings. The van der Waals surface area contributed by atoms with E-state index in [0.717, 1.165) is 33.2 Å². The van der Waals surface area contributed by atoms with Crippen molar-refractivity contribution in [3.8, 4) is 11.1 Å². The smallest absolute Gasteiger partial charge is 0.251 e. The number of benzene rings is 3. The van der Waals surface area contributed by atoms with Crippen LogP contribution < -0.4 is 5.56 Å². The van der Waals surface area contributed by atoms with Gasteiger partial charge in [0.25, 0.3) is 5.56 Å². The van der Waals surface area contributed by atoms with Crippen LogP contribution >= 0.6 is 11.6 Å². The fraction of sp³-hybridized carbons (Fsp3) is 0.125. The van der Waals surface area contributed by atoms with Crippen molar-refractivity contribution in [3.63, 3.8) is 0 Å². The number of hydrogen-bond donors (Lipinski definition) is 0. The molecule has 1 atom stereocenters. The van der Waals surface area contributed by atoms with Gasteiger partial charge in [-0.15, -0.1) is 0 Å². The third kappa shape index (κ3) is 2.67. The highest BCUT2D eigenvalue weighted by Crippen LogP contribution is 2.46. The lowest BCUT2D eigenvalue weighted by Gasteiger charge is -2.16. The van der Waals surface area contributed by atoms with Gasteiger partial charge in [0.1, 0.15) is 5.60 Å². The van der Waals surface area contributed by atoms with Crippen molar-refractivity contribution in [2.75, 3.05) is 6.61 Å². The van der Waals surface area contributed by atoms with Gasteiger partial charge in [0.05, 0.1) is 12.1 Å². The molecular weight excluding hydrogens is 370 g/mol. The fourth-order valence-electron chi connectivity index (χ4n) is 3.86. The second-order valence-electron chi connectivity index (χ2n) is 7.18. The summed E-state index contributed by atoms with van der Waals surface area (Å²) < 4.78 is 7.63. The van der Waals surface area contributed by atoms with Gasteiger partial charge >= 0.3 is 0 Å². The molecule has 0 spiro atoms. The molecule has 0 bridgehead atoms. The van der Waals surface area contributed by atoms with Crippen LogP contribution in [0.2, 0.25) is 5.02 Å². The zero-order chi connectivity index (χ0) is 19.3. The van der Waals surface area contributed by atoms with Crippen LogP contribution in [0.1, 0.15) is 11.1 Å². The lowest BCUT2D eigenvalue weighted by atomic mass is 9.89. The first kappa shape index (κ1) is 17.2. The van der Waals surface area contributed by atoms with Crippen LogP contribution in [0.3, 0.4) is 0 Å². The van der Waals surface area contributed by atoms with E-state index in [9.17, 15) is 4.79 Å². The van der Waals surface area contributed by atoms with E-state index in [2.05, 4.69) is 12.1 Å². The Morgan fingerprint density at radius 3 is 2.29 bits per heavy atom. The number of epoxide rings is 1. The summed E-state index contributed by atoms with van der Waals surface area (Å²) in [6.45, 7) is 0.632. The molecule has 138 valence electrons. The third-order valence-corrected chi connectivity index (χ3v) is 5.79. The summed E-state index contributed by atoms with van der Waals surface area (Å²) in [5, 5.41) is 1.74. The molecule has 0 saturated carbocycles. The van der Waals surface area contributed by atoms with Crippen molar-refractivity contribution in [1.82, 2.24) is 4.57 Å². The van der Waals surface area contributed by atoms with E-state index >= 15 is 0 Å². The summed E-state index contributed by atoms with van der Waals surface area (Å²) in [5.74, 6) is 0. The molecule has 0 aliphatic carbocycles. The van der Waals surface area contributed by atoms with Crippen molar-refractivity contribution >= 4 is 22.5 Å². The van der Waals surface area contributed by atoms with Gasteiger partial charge in [-0.2, -0.15) is 0 Å². The van der Waals surface area contributed by atoms with Gasteiger partial charge in [0, 0.05) is 23.5 Å². The van der Waals surface area contributed by atoms with Crippen molar-refractivity contribution in [3.05, 3.63) is 105 Å². The molecule has 28 heavy (non-hydrogen) atoms. The highest BCUT2D eigenvalue weighted by atomic mass is 35.5. The van der Waals surface area contributed by atoms with Crippen LogP contribution in [-0.4, -0.2) is 11.2 Å². The van der Waals surface area contributed by atoms with E-state index in [1.165, 1.54) is 0 Å². The summed E-state index contributed by atoms with van der Waals surface area (Å²) in [5.41, 5.74) is 4.57. The van der Waals surface area contributed by atoms with E-state index in [1.807, 2.05) is 67.7 Å². The van der Waals surface area contributed by atoms with E-state index in [-0.39, 0.29) is 5.56 Å². The first-order valence-electron chi connectivity index (χ1n) is 9.18. The van der Waals surface area contributed by atoms with E-state index in [4.69, 9.17) is 16.3 Å². The molecule has 1 aliphatic rings. The monoisotopic (exact) mass is 387 g/mol. The molecule has 0 radical (unpaired) electrons. The number of fused-ring (bicyclic) bond motifs is 1. The van der Waals surface area contributed by atoms with Gasteiger partial charge in [0.15, 0.2) is 0 Å². The van der Waals surface area contributed by atoms with Gasteiger partial charge in [-0.3, -0.25) is 4.79 Å². The number of halogens is 1. The number of hydrogen-bond acceptors (Lipinski definition) is 2. The van der Waals surface area contributed by atoms with Crippen LogP contribution in [0.4, 0.5) is 0 Å². The van der Waals surface area contributed by atoms with Crippen molar-refractivity contribution < 1.29 is 4.74 Å². The highest BCUT2D eigenvalue weighted by Gasteiger charge is 2.48. The Morgan fingerprint density at radius 2 is 1.61 bits per heavy atom. The van der Waals surface area contributed by atoms with Crippen LogP contribution in [0.25, 0.3) is 22.0 Å². The average Bonchev–Trinajstić information content (AvgIpc) is 3.53. The Bertz CT molecular complexity index is 1240. The summed E-state index contributed by atoms with van der Waals surface area (Å²) in [4.78, 5) is 12.5. The number of rotatable bonds is 3. The predicted octanol–water partition coefficient (Wildman–Crippen LogP) is 5.13. The Hall–Kier alpha value is -2.88. The number of ether oxygens (including phenoxy) is 1. The number of aromatic nitrogens is 1. The van der Waals surface area contributed by atoms with E-state index in [1.54, 1.807) is 10.6 Å². The van der Waals surface area contributed by atoms with Gasteiger partial charge in [-0.05, 0) is 46.5 Å². The van der Waals surface area contributed by atoms with Gasteiger partial charge in [-0.1, -0.05) is 60.1 Å². The number of aryl methyl sites for hydroxylation is 1. The first-order chi connectivity index (χ1) is 13.6. The molecule has 1 saturated heterocycles. The van der Waals surface area contributed by atoms with Crippen molar-refractivity contribution in [2.24, 2.45) is 7.05 Å². The molecule has 4 heteroatoms. The van der Waals surface area contributed by atoms with Gasteiger partial charge < -0.3 is 9.30 Å². The fourth-order valence-corrected chi connectivity index (χ4v) is 3.99. The largest absolute Gasteiger partial charge is 0.359 e. The molecule has 1 fully saturated rings. The Balaban J connectivity index is 1.74. The van der Waals surface area contributed by atoms with Crippen LogP contribution in [0, 0.1) is 0 Å². The van der Waals surface area contributed by atoms with Crippen LogP contribution in [0.15, 0.2) is 83.7 Å². The summed E-state index contributed by atoms with van der Waals surface area (Å²) in [6.07, 6.45) is 0. The molecule has 2 heterocycles. The van der Waals surface area contributed by atoms with Gasteiger partial charge in [0.2, 0.25) is 0 Å². The van der Waals surface area contributed by atoms with E-state index in [0.29, 0.717) is 11.6 Å². The summed E-state index contributed by atoms with van der Waals surface area (Å²) >= 11 is 6.05. The maximum atomic E-state index is 12.5. The van der Waals surface area contributed by atoms with Crippen LogP contribution in [-0.2, 0) is 17.4 Å². The first-order valence-corrected chi connectivity index (χ1v) is 9.56. The number of nitrogens with zero attached hydrogens (tertiary/aromatic N) is 1. The molecule has 0 amide bonds. The lowest BCUT2D eigenvalue weighted by Crippen LogP contribution is -2.17. The standard InChI is InChI=1S/C24H18ClNO2/c1-26-22-12-9-18(24(15-28-24)17-7-10-19(25)11-8-17)13-21(22)20(14-23(26)27)16-5-3-2-4-6-16/h2-14H,15H2,1H3. The maximum absolute atomic E-state index is 12.5. The Morgan fingerprint density at radius 1 is 0.929 bits per heavy atom. The maximum Gasteiger partial charge on any atom is 0.251 e. The number of pyridine rings is 1. The van der Waals surface area contributed by atoms with E-state index < -0.39 is 5.60 Å². The van der Waals surface area contributed by atoms with Crippen molar-refractivity contribution in [1.29, 1.82) is 0 Å². The molecule has 1 aliphatic heterocycles. The molecule has 1 unspecified atom stereocenters. The minimum atomic E-state index is -0.443. The SMILES string of the molecule is Cn1c(=O)cc(-c2ccccc2)c2cc(C3(c4ccc(Cl)cc4)CO3)ccc21. The average molecular weight is 388 g/mol. The third-order valence-electron chi connectivity index (χ3n) is 5.54. The van der Waals surface area contributed by atoms with Crippen LogP contribution in [0.5, 0.6) is 0 Å². The molecule has 0 N–H and O–H groups in total. The summed E-state index contributed by atoms with van der Waals surface area (Å²) in [7, 11) is 1.81. The molecular formula is C24H18ClNO2. The zero-order valence-corrected chi connectivity index (χ0v) is 16.1. The molecule has 3 nitrogen and oxygen atoms in total. The zero-order valence-electron chi connectivity index (χ0n) is 15.4. The Labute approximate surface area is 167 Å². The minimum Gasteiger partial charge on any atom is -0.359 e. The van der Waals surface area contributed by atoms with Crippen molar-refractivity contribution in [2.45, 2.75) is 5.60 Å². The molecule has 1 aromatic heterocycles. The minimum absolute atomic E-state index is 0.0193. The topological polar surface area (TPSA) is 34.5 Å². The lowest BCUT2D eigenvalue weighted by molar-refractivity contribution is 0.349. The quantitative estimate of drug-likeness (QED) is 0.456. The molecule has 5 rings (SSSR count). The second-order valence-corrected chi connectivity index (χ2v) is 7.61.